The van der Waals surface area contributed by atoms with Gasteiger partial charge < -0.3 is 9.64 Å². The van der Waals surface area contributed by atoms with Gasteiger partial charge in [-0.05, 0) is 37.8 Å². The Kier molecular flexibility index (Phi) is 4.12. The van der Waals surface area contributed by atoms with Gasteiger partial charge in [-0.2, -0.15) is 5.26 Å². The summed E-state index contributed by atoms with van der Waals surface area (Å²) in [6.07, 6.45) is 7.35. The third-order valence-corrected chi connectivity index (χ3v) is 5.13. The van der Waals surface area contributed by atoms with E-state index >= 15 is 0 Å². The van der Waals surface area contributed by atoms with Gasteiger partial charge in [0, 0.05) is 31.8 Å². The largest absolute Gasteiger partial charge is 0.381 e. The van der Waals surface area contributed by atoms with Crippen LogP contribution >= 0.6 is 0 Å². The first-order valence-corrected chi connectivity index (χ1v) is 7.87. The van der Waals surface area contributed by atoms with Crippen LogP contribution in [0.5, 0.6) is 0 Å². The zero-order chi connectivity index (χ0) is 15.6. The molecule has 0 unspecified atom stereocenters. The number of piperidine rings is 1. The number of rotatable bonds is 2. The summed E-state index contributed by atoms with van der Waals surface area (Å²) in [5.74, 6) is 0.0119. The van der Waals surface area contributed by atoms with E-state index in [9.17, 15) is 4.79 Å². The van der Waals surface area contributed by atoms with E-state index in [1.807, 2.05) is 11.0 Å². The Hall–Kier alpha value is -1.93. The van der Waals surface area contributed by atoms with Crippen molar-refractivity contribution in [3.63, 3.8) is 0 Å². The van der Waals surface area contributed by atoms with E-state index in [1.54, 1.807) is 19.2 Å². The van der Waals surface area contributed by atoms with Crippen LogP contribution in [0.1, 0.15) is 48.2 Å². The number of carbonyl (C=O) groups is 1. The van der Waals surface area contributed by atoms with Crippen LogP contribution in [0.3, 0.4) is 0 Å². The maximum atomic E-state index is 12.7. The summed E-state index contributed by atoms with van der Waals surface area (Å²) in [4.78, 5) is 18.6. The van der Waals surface area contributed by atoms with Crippen molar-refractivity contribution in [2.24, 2.45) is 5.41 Å². The van der Waals surface area contributed by atoms with Gasteiger partial charge in [0.2, 0.25) is 0 Å². The van der Waals surface area contributed by atoms with Gasteiger partial charge in [-0.15, -0.1) is 0 Å². The van der Waals surface area contributed by atoms with Crippen molar-refractivity contribution >= 4 is 5.91 Å². The van der Waals surface area contributed by atoms with Crippen LogP contribution in [0.4, 0.5) is 0 Å². The van der Waals surface area contributed by atoms with Gasteiger partial charge in [0.05, 0.1) is 11.7 Å². The van der Waals surface area contributed by atoms with Crippen LogP contribution in [0, 0.1) is 16.7 Å². The Morgan fingerprint density at radius 3 is 2.95 bits per heavy atom. The molecule has 2 heterocycles. The number of aromatic nitrogens is 1. The third kappa shape index (κ3) is 2.59. The van der Waals surface area contributed by atoms with Gasteiger partial charge >= 0.3 is 0 Å². The summed E-state index contributed by atoms with van der Waals surface area (Å²) in [6, 6.07) is 5.26. The fraction of sp³-hybridized carbons (Fsp3) is 0.588. The number of nitriles is 1. The van der Waals surface area contributed by atoms with Gasteiger partial charge in [-0.25, -0.2) is 4.98 Å². The number of hydrogen-bond acceptors (Lipinski definition) is 4. The Morgan fingerprint density at radius 2 is 2.27 bits per heavy atom. The zero-order valence-corrected chi connectivity index (χ0v) is 12.9. The molecule has 5 heteroatoms. The van der Waals surface area contributed by atoms with Crippen LogP contribution in [0.25, 0.3) is 0 Å². The molecule has 0 radical (unpaired) electrons. The quantitative estimate of drug-likeness (QED) is 0.841. The van der Waals surface area contributed by atoms with Crippen molar-refractivity contribution in [3.8, 4) is 6.07 Å². The van der Waals surface area contributed by atoms with E-state index in [1.165, 1.54) is 12.6 Å². The first kappa shape index (κ1) is 15.0. The van der Waals surface area contributed by atoms with E-state index in [4.69, 9.17) is 10.00 Å². The number of ether oxygens (including phenoxy) is 1. The molecular formula is C17H21N3O2. The molecule has 1 aliphatic heterocycles. The molecule has 1 saturated heterocycles. The Labute approximate surface area is 130 Å². The van der Waals surface area contributed by atoms with Crippen LogP contribution in [0.2, 0.25) is 0 Å². The van der Waals surface area contributed by atoms with Crippen molar-refractivity contribution in [2.75, 3.05) is 20.2 Å². The number of nitrogens with zero attached hydrogens (tertiary/aromatic N) is 3. The second-order valence-corrected chi connectivity index (χ2v) is 6.35. The summed E-state index contributed by atoms with van der Waals surface area (Å²) >= 11 is 0. The molecule has 5 nitrogen and oxygen atoms in total. The molecule has 0 aromatic carbocycles. The van der Waals surface area contributed by atoms with Crippen LogP contribution < -0.4 is 0 Å². The molecule has 0 bridgehead atoms. The lowest BCUT2D eigenvalue weighted by atomic mass is 9.76. The second kappa shape index (κ2) is 6.05. The number of methoxy groups -OCH3 is 1. The highest BCUT2D eigenvalue weighted by Crippen LogP contribution is 2.46. The molecule has 3 rings (SSSR count). The number of likely N-dealkylation sites (tertiary alicyclic amines) is 1. The third-order valence-electron chi connectivity index (χ3n) is 5.13. The van der Waals surface area contributed by atoms with Crippen LogP contribution in [-0.2, 0) is 4.74 Å². The van der Waals surface area contributed by atoms with E-state index in [0.29, 0.717) is 11.3 Å². The molecule has 116 valence electrons. The lowest BCUT2D eigenvalue weighted by molar-refractivity contribution is -0.0295. The van der Waals surface area contributed by atoms with Gasteiger partial charge in [0.25, 0.3) is 5.91 Å². The molecule has 2 fully saturated rings. The molecule has 0 N–H and O–H groups in total. The molecule has 22 heavy (non-hydrogen) atoms. The SMILES string of the molecule is CO[C@@H]1CCC[C@@]12CCCN(C(=O)c1ccc(C#N)nc1)C2. The minimum atomic E-state index is 0.0119. The lowest BCUT2D eigenvalue weighted by Crippen LogP contribution is -2.49. The molecule has 2 aliphatic rings. The monoisotopic (exact) mass is 299 g/mol. The highest BCUT2D eigenvalue weighted by atomic mass is 16.5. The smallest absolute Gasteiger partial charge is 0.255 e. The van der Waals surface area contributed by atoms with Crippen LogP contribution in [-0.4, -0.2) is 42.1 Å². The molecule has 1 aliphatic carbocycles. The minimum absolute atomic E-state index is 0.0119. The van der Waals surface area contributed by atoms with E-state index in [2.05, 4.69) is 4.98 Å². The minimum Gasteiger partial charge on any atom is -0.381 e. The summed E-state index contributed by atoms with van der Waals surface area (Å²) in [5.41, 5.74) is 1.02. The Morgan fingerprint density at radius 1 is 1.45 bits per heavy atom. The van der Waals surface area contributed by atoms with E-state index < -0.39 is 0 Å². The molecule has 1 spiro atoms. The molecule has 1 aromatic rings. The molecular weight excluding hydrogens is 278 g/mol. The molecule has 1 amide bonds. The van der Waals surface area contributed by atoms with Crippen molar-refractivity contribution in [1.29, 1.82) is 5.26 Å². The highest BCUT2D eigenvalue weighted by Gasteiger charge is 2.46. The lowest BCUT2D eigenvalue weighted by Gasteiger charge is -2.43. The fourth-order valence-corrected chi connectivity index (χ4v) is 4.04. The predicted molar refractivity (Wildman–Crippen MR) is 81.2 cm³/mol. The van der Waals surface area contributed by atoms with Crippen molar-refractivity contribution in [2.45, 2.75) is 38.2 Å². The summed E-state index contributed by atoms with van der Waals surface area (Å²) in [6.45, 7) is 1.56. The number of amides is 1. The van der Waals surface area contributed by atoms with Gasteiger partial charge in [0.1, 0.15) is 11.8 Å². The molecule has 1 aromatic heterocycles. The Bertz CT molecular complexity index is 593. The first-order chi connectivity index (χ1) is 10.7. The van der Waals surface area contributed by atoms with E-state index in [0.717, 1.165) is 38.8 Å². The normalized spacial score (nSPS) is 27.8. The summed E-state index contributed by atoms with van der Waals surface area (Å²) in [7, 11) is 1.78. The summed E-state index contributed by atoms with van der Waals surface area (Å²) < 4.78 is 5.68. The predicted octanol–water partition coefficient (Wildman–Crippen LogP) is 2.37. The van der Waals surface area contributed by atoms with Gasteiger partial charge in [0.15, 0.2) is 0 Å². The molecule has 1 saturated carbocycles. The number of hydrogen-bond donors (Lipinski definition) is 0. The number of carbonyl (C=O) groups excluding carboxylic acids is 1. The maximum Gasteiger partial charge on any atom is 0.255 e. The highest BCUT2D eigenvalue weighted by molar-refractivity contribution is 5.94. The summed E-state index contributed by atoms with van der Waals surface area (Å²) in [5, 5.41) is 8.79. The maximum absolute atomic E-state index is 12.7. The van der Waals surface area contributed by atoms with Crippen molar-refractivity contribution in [3.05, 3.63) is 29.6 Å². The standard InChI is InChI=1S/C17H21N3O2/c1-22-15-4-2-7-17(15)8-3-9-20(12-17)16(21)13-5-6-14(10-18)19-11-13/h5-6,11,15H,2-4,7-9,12H2,1H3/t15-,17+/m1/s1. The Balaban J connectivity index is 1.76. The molecule has 2 atom stereocenters. The van der Waals surface area contributed by atoms with Crippen LogP contribution in [0.15, 0.2) is 18.3 Å². The fourth-order valence-electron chi connectivity index (χ4n) is 4.04. The van der Waals surface area contributed by atoms with Gasteiger partial charge in [-0.1, -0.05) is 6.42 Å². The number of pyridine rings is 1. The topological polar surface area (TPSA) is 66.2 Å². The second-order valence-electron chi connectivity index (χ2n) is 6.35. The first-order valence-electron chi connectivity index (χ1n) is 7.87. The van der Waals surface area contributed by atoms with Crippen molar-refractivity contribution < 1.29 is 9.53 Å². The average molecular weight is 299 g/mol. The zero-order valence-electron chi connectivity index (χ0n) is 12.9. The van der Waals surface area contributed by atoms with Crippen molar-refractivity contribution in [1.82, 2.24) is 9.88 Å². The van der Waals surface area contributed by atoms with Gasteiger partial charge in [-0.3, -0.25) is 4.79 Å². The average Bonchev–Trinajstić information content (AvgIpc) is 2.96. The van der Waals surface area contributed by atoms with E-state index in [-0.39, 0.29) is 17.4 Å².